The van der Waals surface area contributed by atoms with Gasteiger partial charge in [0.25, 0.3) is 0 Å². The number of aryl methyl sites for hydroxylation is 1. The van der Waals surface area contributed by atoms with Gasteiger partial charge in [0.1, 0.15) is 0 Å². The van der Waals surface area contributed by atoms with Crippen LogP contribution in [0.2, 0.25) is 0 Å². The Labute approximate surface area is 209 Å². The second kappa shape index (κ2) is 14.1. The fraction of sp³-hybridized carbons (Fsp3) is 0.458. The molecule has 8 heteroatoms. The molecule has 2 N–H and O–H groups in total. The van der Waals surface area contributed by atoms with E-state index in [1.807, 2.05) is 12.1 Å². The van der Waals surface area contributed by atoms with Gasteiger partial charge in [0.2, 0.25) is 5.75 Å². The third-order valence-corrected chi connectivity index (χ3v) is 5.04. The molecule has 2 rings (SSSR count). The highest BCUT2D eigenvalue weighted by Gasteiger charge is 2.15. The summed E-state index contributed by atoms with van der Waals surface area (Å²) in [6.45, 7) is 6.14. The zero-order chi connectivity index (χ0) is 22.8. The number of hydrogen-bond donors (Lipinski definition) is 2. The molecule has 0 aliphatic rings. The normalized spacial score (nSPS) is 12.1. The minimum Gasteiger partial charge on any atom is -0.493 e. The number of nitrogens with zero attached hydrogens (tertiary/aromatic N) is 2. The van der Waals surface area contributed by atoms with Crippen molar-refractivity contribution in [2.75, 3.05) is 48.5 Å². The third kappa shape index (κ3) is 7.74. The topological polar surface area (TPSA) is 67.4 Å². The number of rotatable bonds is 10. The predicted molar refractivity (Wildman–Crippen MR) is 142 cm³/mol. The lowest BCUT2D eigenvalue weighted by molar-refractivity contribution is 0.298. The Morgan fingerprint density at radius 1 is 0.969 bits per heavy atom. The molecule has 0 heterocycles. The fourth-order valence-corrected chi connectivity index (χ4v) is 3.32. The van der Waals surface area contributed by atoms with Crippen LogP contribution < -0.4 is 24.8 Å². The van der Waals surface area contributed by atoms with Crippen LogP contribution in [0.15, 0.2) is 41.4 Å². The van der Waals surface area contributed by atoms with Crippen molar-refractivity contribution in [1.82, 2.24) is 15.5 Å². The Balaban J connectivity index is 0.00000512. The SMILES string of the molecule is CCNC(=NCc1cc(OC)c(OC)c(OC)c1)NCC(c1ccc(C)cc1)N(C)C.I. The number of likely N-dealkylation sites (N-methyl/N-ethyl adjacent to an activating group) is 1. The molecule has 0 spiro atoms. The van der Waals surface area contributed by atoms with Crippen LogP contribution in [0.5, 0.6) is 17.2 Å². The lowest BCUT2D eigenvalue weighted by atomic mass is 10.0. The Kier molecular flexibility index (Phi) is 12.2. The summed E-state index contributed by atoms with van der Waals surface area (Å²) in [6, 6.07) is 12.7. The molecular weight excluding hydrogens is 519 g/mol. The monoisotopic (exact) mass is 556 g/mol. The van der Waals surface area contributed by atoms with Crippen molar-refractivity contribution in [3.05, 3.63) is 53.1 Å². The Morgan fingerprint density at radius 2 is 1.56 bits per heavy atom. The van der Waals surface area contributed by atoms with Crippen molar-refractivity contribution in [1.29, 1.82) is 0 Å². The van der Waals surface area contributed by atoms with Gasteiger partial charge in [-0.2, -0.15) is 0 Å². The van der Waals surface area contributed by atoms with Crippen LogP contribution in [0.1, 0.15) is 29.7 Å². The van der Waals surface area contributed by atoms with E-state index in [-0.39, 0.29) is 30.0 Å². The van der Waals surface area contributed by atoms with E-state index in [1.165, 1.54) is 11.1 Å². The maximum Gasteiger partial charge on any atom is 0.203 e. The highest BCUT2D eigenvalue weighted by Crippen LogP contribution is 2.38. The summed E-state index contributed by atoms with van der Waals surface area (Å²) in [5.74, 6) is 2.58. The van der Waals surface area contributed by atoms with E-state index >= 15 is 0 Å². The number of nitrogens with one attached hydrogen (secondary N) is 2. The molecular formula is C24H37IN4O3. The molecule has 0 bridgehead atoms. The largest absolute Gasteiger partial charge is 0.493 e. The van der Waals surface area contributed by atoms with Crippen molar-refractivity contribution in [2.45, 2.75) is 26.4 Å². The molecule has 0 amide bonds. The maximum atomic E-state index is 5.45. The van der Waals surface area contributed by atoms with Crippen molar-refractivity contribution >= 4 is 29.9 Å². The number of methoxy groups -OCH3 is 3. The van der Waals surface area contributed by atoms with Gasteiger partial charge < -0.3 is 29.7 Å². The predicted octanol–water partition coefficient (Wildman–Crippen LogP) is 4.00. The van der Waals surface area contributed by atoms with Crippen molar-refractivity contribution < 1.29 is 14.2 Å². The van der Waals surface area contributed by atoms with Crippen LogP contribution in [0.4, 0.5) is 0 Å². The van der Waals surface area contributed by atoms with Gasteiger partial charge in [-0.15, -0.1) is 24.0 Å². The molecule has 0 aliphatic carbocycles. The zero-order valence-corrected chi connectivity index (χ0v) is 22.5. The van der Waals surface area contributed by atoms with Crippen LogP contribution in [-0.2, 0) is 6.54 Å². The van der Waals surface area contributed by atoms with E-state index in [0.29, 0.717) is 23.8 Å². The summed E-state index contributed by atoms with van der Waals surface area (Å²) in [5, 5.41) is 6.80. The number of ether oxygens (including phenoxy) is 3. The summed E-state index contributed by atoms with van der Waals surface area (Å²) in [6.07, 6.45) is 0. The van der Waals surface area contributed by atoms with Gasteiger partial charge in [-0.3, -0.25) is 0 Å². The van der Waals surface area contributed by atoms with Gasteiger partial charge in [0.05, 0.1) is 33.9 Å². The molecule has 0 aromatic heterocycles. The molecule has 0 fully saturated rings. The van der Waals surface area contributed by atoms with E-state index in [1.54, 1.807) is 21.3 Å². The van der Waals surface area contributed by atoms with Crippen LogP contribution in [0, 0.1) is 6.92 Å². The van der Waals surface area contributed by atoms with E-state index in [0.717, 1.165) is 24.6 Å². The first-order valence-corrected chi connectivity index (χ1v) is 10.5. The molecule has 7 nitrogen and oxygen atoms in total. The van der Waals surface area contributed by atoms with E-state index in [2.05, 4.69) is 67.7 Å². The Morgan fingerprint density at radius 3 is 2.03 bits per heavy atom. The summed E-state index contributed by atoms with van der Waals surface area (Å²) >= 11 is 0. The summed E-state index contributed by atoms with van der Waals surface area (Å²) < 4.78 is 16.3. The van der Waals surface area contributed by atoms with Gasteiger partial charge >= 0.3 is 0 Å². The smallest absolute Gasteiger partial charge is 0.203 e. The second-order valence-electron chi connectivity index (χ2n) is 7.50. The highest BCUT2D eigenvalue weighted by molar-refractivity contribution is 14.0. The lowest BCUT2D eigenvalue weighted by Gasteiger charge is -2.26. The Bertz CT molecular complexity index is 832. The second-order valence-corrected chi connectivity index (χ2v) is 7.50. The van der Waals surface area contributed by atoms with Crippen LogP contribution in [0.25, 0.3) is 0 Å². The van der Waals surface area contributed by atoms with Gasteiger partial charge in [-0.05, 0) is 51.2 Å². The van der Waals surface area contributed by atoms with E-state index in [4.69, 9.17) is 19.2 Å². The molecule has 178 valence electrons. The van der Waals surface area contributed by atoms with Crippen molar-refractivity contribution in [3.63, 3.8) is 0 Å². The molecule has 2 aromatic carbocycles. The Hall–Kier alpha value is -2.20. The molecule has 0 radical (unpaired) electrons. The number of halogens is 1. The van der Waals surface area contributed by atoms with Crippen molar-refractivity contribution in [3.8, 4) is 17.2 Å². The standard InChI is InChI=1S/C24H36N4O3.HI/c1-8-25-24(27-16-20(28(3)4)19-11-9-17(2)10-12-19)26-15-18-13-21(29-5)23(31-7)22(14-18)30-6;/h9-14,20H,8,15-16H2,1-7H3,(H2,25,26,27);1H. The summed E-state index contributed by atoms with van der Waals surface area (Å²) in [7, 11) is 9.00. The molecule has 0 saturated heterocycles. The molecule has 32 heavy (non-hydrogen) atoms. The molecule has 1 atom stereocenters. The average Bonchev–Trinajstić information content (AvgIpc) is 2.77. The van der Waals surface area contributed by atoms with E-state index in [9.17, 15) is 0 Å². The number of guanidine groups is 1. The van der Waals surface area contributed by atoms with Crippen LogP contribution in [0.3, 0.4) is 0 Å². The quantitative estimate of drug-likeness (QED) is 0.262. The average molecular weight is 556 g/mol. The number of hydrogen-bond acceptors (Lipinski definition) is 5. The van der Waals surface area contributed by atoms with Gasteiger partial charge in [0.15, 0.2) is 17.5 Å². The first-order valence-electron chi connectivity index (χ1n) is 10.5. The van der Waals surface area contributed by atoms with Crippen LogP contribution >= 0.6 is 24.0 Å². The third-order valence-electron chi connectivity index (χ3n) is 5.04. The minimum absolute atomic E-state index is 0. The van der Waals surface area contributed by atoms with E-state index < -0.39 is 0 Å². The summed E-state index contributed by atoms with van der Waals surface area (Å²) in [5.41, 5.74) is 3.49. The highest BCUT2D eigenvalue weighted by atomic mass is 127. The molecule has 1 unspecified atom stereocenters. The van der Waals surface area contributed by atoms with Gasteiger partial charge in [-0.1, -0.05) is 29.8 Å². The first kappa shape index (κ1) is 27.8. The molecule has 2 aromatic rings. The number of benzene rings is 2. The van der Waals surface area contributed by atoms with Gasteiger partial charge in [0, 0.05) is 13.1 Å². The van der Waals surface area contributed by atoms with Crippen molar-refractivity contribution in [2.24, 2.45) is 4.99 Å². The lowest BCUT2D eigenvalue weighted by Crippen LogP contribution is -2.41. The molecule has 0 aliphatic heterocycles. The van der Waals surface area contributed by atoms with Crippen LogP contribution in [-0.4, -0.2) is 59.4 Å². The summed E-state index contributed by atoms with van der Waals surface area (Å²) in [4.78, 5) is 6.96. The zero-order valence-electron chi connectivity index (χ0n) is 20.2. The minimum atomic E-state index is 0. The first-order chi connectivity index (χ1) is 14.9. The maximum absolute atomic E-state index is 5.45. The molecule has 0 saturated carbocycles. The fourth-order valence-electron chi connectivity index (χ4n) is 3.32. The number of aliphatic imine (C=N–C) groups is 1. The van der Waals surface area contributed by atoms with Gasteiger partial charge in [-0.25, -0.2) is 4.99 Å².